The van der Waals surface area contributed by atoms with Crippen molar-refractivity contribution in [2.24, 2.45) is 5.92 Å². The average molecular weight is 439 g/mol. The zero-order valence-corrected chi connectivity index (χ0v) is 18.3. The van der Waals surface area contributed by atoms with E-state index in [1.54, 1.807) is 24.3 Å². The van der Waals surface area contributed by atoms with Gasteiger partial charge in [0.2, 0.25) is 0 Å². The van der Waals surface area contributed by atoms with E-state index in [0.717, 1.165) is 57.5 Å². The molecule has 158 valence electrons. The highest BCUT2D eigenvalue weighted by Crippen LogP contribution is 2.23. The van der Waals surface area contributed by atoms with E-state index < -0.39 is 15.7 Å². The average Bonchev–Trinajstić information content (AvgIpc) is 2.69. The first-order valence-electron chi connectivity index (χ1n) is 10.0. The molecule has 4 nitrogen and oxygen atoms in total. The van der Waals surface area contributed by atoms with Gasteiger partial charge in [-0.25, -0.2) is 12.8 Å². The molecule has 2 aromatic carbocycles. The molecule has 1 aliphatic heterocycles. The number of piperidine rings is 1. The van der Waals surface area contributed by atoms with Crippen molar-refractivity contribution in [1.82, 2.24) is 4.90 Å². The van der Waals surface area contributed by atoms with E-state index in [1.807, 2.05) is 12.1 Å². The maximum atomic E-state index is 13.2. The first-order chi connectivity index (χ1) is 13.8. The Hall–Kier alpha value is -1.63. The highest BCUT2D eigenvalue weighted by Gasteiger charge is 2.19. The Labute approximate surface area is 178 Å². The predicted octanol–water partition coefficient (Wildman–Crippen LogP) is 4.64. The minimum atomic E-state index is -3.13. The number of halogens is 2. The Morgan fingerprint density at radius 3 is 2.45 bits per heavy atom. The zero-order valence-electron chi connectivity index (χ0n) is 16.7. The molecule has 0 aliphatic carbocycles. The topological polar surface area (TPSA) is 49.4 Å². The van der Waals surface area contributed by atoms with Crippen LogP contribution in [0.15, 0.2) is 47.4 Å². The number of sulfone groups is 1. The van der Waals surface area contributed by atoms with Crippen LogP contribution in [0.1, 0.15) is 24.8 Å². The fraction of sp³-hybridized carbons (Fsp3) is 0.455. The highest BCUT2D eigenvalue weighted by atomic mass is 35.5. The molecule has 0 amide bonds. The molecule has 0 bridgehead atoms. The summed E-state index contributed by atoms with van der Waals surface area (Å²) in [6.07, 6.45) is 5.59. The Kier molecular flexibility index (Phi) is 7.55. The lowest BCUT2D eigenvalue weighted by molar-refractivity contribution is 0.183. The zero-order chi connectivity index (χ0) is 20.9. The molecule has 0 unspecified atom stereocenters. The van der Waals surface area contributed by atoms with Crippen molar-refractivity contribution >= 4 is 27.1 Å². The lowest BCUT2D eigenvalue weighted by Crippen LogP contribution is -2.35. The Bertz CT molecular complexity index is 911. The van der Waals surface area contributed by atoms with E-state index in [9.17, 15) is 12.8 Å². The summed E-state index contributed by atoms with van der Waals surface area (Å²) in [6, 6.07) is 12.0. The number of anilines is 1. The van der Waals surface area contributed by atoms with E-state index in [2.05, 4.69) is 10.2 Å². The van der Waals surface area contributed by atoms with Gasteiger partial charge in [-0.15, -0.1) is 0 Å². The van der Waals surface area contributed by atoms with Gasteiger partial charge in [-0.1, -0.05) is 23.7 Å². The van der Waals surface area contributed by atoms with Gasteiger partial charge in [-0.05, 0) is 87.1 Å². The van der Waals surface area contributed by atoms with Crippen LogP contribution in [0.2, 0.25) is 5.02 Å². The smallest absolute Gasteiger partial charge is 0.175 e. The molecule has 0 spiro atoms. The summed E-state index contributed by atoms with van der Waals surface area (Å²) in [6.45, 7) is 4.05. The van der Waals surface area contributed by atoms with Gasteiger partial charge < -0.3 is 10.2 Å². The van der Waals surface area contributed by atoms with Crippen LogP contribution >= 0.6 is 11.6 Å². The molecular formula is C22H28ClFN2O2S. The van der Waals surface area contributed by atoms with Crippen molar-refractivity contribution in [3.05, 3.63) is 58.9 Å². The molecule has 1 N–H and O–H groups in total. The molecule has 1 heterocycles. The maximum absolute atomic E-state index is 13.2. The lowest BCUT2D eigenvalue weighted by atomic mass is 9.90. The quantitative estimate of drug-likeness (QED) is 0.610. The molecule has 1 saturated heterocycles. The number of likely N-dealkylation sites (tertiary alicyclic amines) is 1. The SMILES string of the molecule is CS(=O)(=O)c1ccc(CC2CCN(CCCNc3ccc(F)c(Cl)c3)CC2)cc1. The number of rotatable bonds is 8. The minimum Gasteiger partial charge on any atom is -0.385 e. The largest absolute Gasteiger partial charge is 0.385 e. The number of hydrogen-bond acceptors (Lipinski definition) is 4. The molecule has 29 heavy (non-hydrogen) atoms. The van der Waals surface area contributed by atoms with Crippen molar-refractivity contribution < 1.29 is 12.8 Å². The monoisotopic (exact) mass is 438 g/mol. The first-order valence-corrected chi connectivity index (χ1v) is 12.3. The maximum Gasteiger partial charge on any atom is 0.175 e. The van der Waals surface area contributed by atoms with Crippen LogP contribution in [0.5, 0.6) is 0 Å². The van der Waals surface area contributed by atoms with Gasteiger partial charge in [-0.3, -0.25) is 0 Å². The summed E-state index contributed by atoms with van der Waals surface area (Å²) in [5.74, 6) is 0.251. The van der Waals surface area contributed by atoms with E-state index >= 15 is 0 Å². The Balaban J connectivity index is 1.35. The molecule has 1 fully saturated rings. The van der Waals surface area contributed by atoms with Crippen molar-refractivity contribution in [1.29, 1.82) is 0 Å². The van der Waals surface area contributed by atoms with E-state index in [1.165, 1.54) is 17.9 Å². The summed E-state index contributed by atoms with van der Waals surface area (Å²) in [7, 11) is -3.13. The molecule has 0 atom stereocenters. The van der Waals surface area contributed by atoms with Gasteiger partial charge in [-0.2, -0.15) is 0 Å². The van der Waals surface area contributed by atoms with Gasteiger partial charge in [0.15, 0.2) is 9.84 Å². The molecule has 0 radical (unpaired) electrons. The second kappa shape index (κ2) is 9.92. The van der Waals surface area contributed by atoms with Crippen LogP contribution in [-0.2, 0) is 16.3 Å². The van der Waals surface area contributed by atoms with Gasteiger partial charge in [0.1, 0.15) is 5.82 Å². The molecule has 3 rings (SSSR count). The lowest BCUT2D eigenvalue weighted by Gasteiger charge is -2.32. The highest BCUT2D eigenvalue weighted by molar-refractivity contribution is 7.90. The fourth-order valence-corrected chi connectivity index (χ4v) is 4.57. The summed E-state index contributed by atoms with van der Waals surface area (Å²) >= 11 is 5.80. The van der Waals surface area contributed by atoms with Crippen LogP contribution in [0, 0.1) is 11.7 Å². The molecule has 1 aliphatic rings. The van der Waals surface area contributed by atoms with Crippen LogP contribution in [0.4, 0.5) is 10.1 Å². The molecule has 0 aromatic heterocycles. The summed E-state index contributed by atoms with van der Waals surface area (Å²) < 4.78 is 36.3. The Morgan fingerprint density at radius 1 is 1.14 bits per heavy atom. The van der Waals surface area contributed by atoms with Crippen molar-refractivity contribution in [3.8, 4) is 0 Å². The summed E-state index contributed by atoms with van der Waals surface area (Å²) in [5, 5.41) is 3.43. The normalized spacial score (nSPS) is 16.1. The van der Waals surface area contributed by atoms with Crippen LogP contribution < -0.4 is 5.32 Å². The number of hydrogen-bond donors (Lipinski definition) is 1. The number of nitrogens with zero attached hydrogens (tertiary/aromatic N) is 1. The third-order valence-electron chi connectivity index (χ3n) is 5.48. The second-order valence-corrected chi connectivity index (χ2v) is 10.2. The molecule has 7 heteroatoms. The third-order valence-corrected chi connectivity index (χ3v) is 6.90. The van der Waals surface area contributed by atoms with Crippen molar-refractivity contribution in [2.75, 3.05) is 37.8 Å². The predicted molar refractivity (Wildman–Crippen MR) is 117 cm³/mol. The number of benzene rings is 2. The van der Waals surface area contributed by atoms with Gasteiger partial charge >= 0.3 is 0 Å². The van der Waals surface area contributed by atoms with Crippen molar-refractivity contribution in [2.45, 2.75) is 30.6 Å². The minimum absolute atomic E-state index is 0.142. The van der Waals surface area contributed by atoms with Gasteiger partial charge in [0, 0.05) is 18.5 Å². The van der Waals surface area contributed by atoms with Crippen LogP contribution in [-0.4, -0.2) is 45.8 Å². The standard InChI is InChI=1S/C22H28ClFN2O2S/c1-29(27,28)20-6-3-17(4-7-20)15-18-9-13-26(14-10-18)12-2-11-25-19-5-8-22(24)21(23)16-19/h3-8,16,18,25H,2,9-15H2,1H3. The summed E-state index contributed by atoms with van der Waals surface area (Å²) in [4.78, 5) is 2.87. The molecule has 2 aromatic rings. The van der Waals surface area contributed by atoms with E-state index in [0.29, 0.717) is 10.8 Å². The van der Waals surface area contributed by atoms with Gasteiger partial charge in [0.25, 0.3) is 0 Å². The second-order valence-electron chi connectivity index (χ2n) is 7.81. The number of nitrogens with one attached hydrogen (secondary N) is 1. The molecular weight excluding hydrogens is 411 g/mol. The molecule has 0 saturated carbocycles. The first kappa shape index (κ1) is 22.1. The van der Waals surface area contributed by atoms with E-state index in [-0.39, 0.29) is 5.02 Å². The van der Waals surface area contributed by atoms with Crippen LogP contribution in [0.3, 0.4) is 0 Å². The summed E-state index contributed by atoms with van der Waals surface area (Å²) in [5.41, 5.74) is 2.05. The fourth-order valence-electron chi connectivity index (χ4n) is 3.76. The third kappa shape index (κ3) is 6.69. The van der Waals surface area contributed by atoms with Crippen LogP contribution in [0.25, 0.3) is 0 Å². The Morgan fingerprint density at radius 2 is 1.83 bits per heavy atom. The van der Waals surface area contributed by atoms with Gasteiger partial charge in [0.05, 0.1) is 9.92 Å². The van der Waals surface area contributed by atoms with Crippen molar-refractivity contribution in [3.63, 3.8) is 0 Å². The van der Waals surface area contributed by atoms with E-state index in [4.69, 9.17) is 11.6 Å².